The van der Waals surface area contributed by atoms with Gasteiger partial charge in [-0.2, -0.15) is 0 Å². The number of benzene rings is 2. The van der Waals surface area contributed by atoms with Gasteiger partial charge in [0.05, 0.1) is 26.2 Å². The summed E-state index contributed by atoms with van der Waals surface area (Å²) in [5.74, 6) is -2.31. The molecule has 0 radical (unpaired) electrons. The zero-order valence-electron chi connectivity index (χ0n) is 12.3. The lowest BCUT2D eigenvalue weighted by molar-refractivity contribution is -0.384. The fourth-order valence-electron chi connectivity index (χ4n) is 1.77. The molecule has 2 rings (SSSR count). The van der Waals surface area contributed by atoms with Gasteiger partial charge in [-0.15, -0.1) is 0 Å². The SMILES string of the molecule is O=C(COC(=O)c1cc([N+](=O)[O-])ccc1Cl)Nc1ccc(F)cc1Cl. The van der Waals surface area contributed by atoms with Crippen molar-refractivity contribution in [3.8, 4) is 0 Å². The molecule has 0 aromatic heterocycles. The van der Waals surface area contributed by atoms with Crippen LogP contribution in [-0.4, -0.2) is 23.4 Å². The highest BCUT2D eigenvalue weighted by molar-refractivity contribution is 6.34. The van der Waals surface area contributed by atoms with Crippen molar-refractivity contribution >= 4 is 46.5 Å². The average Bonchev–Trinajstić information content (AvgIpc) is 2.55. The normalized spacial score (nSPS) is 10.2. The Hall–Kier alpha value is -2.71. The van der Waals surface area contributed by atoms with Crippen molar-refractivity contribution in [2.75, 3.05) is 11.9 Å². The highest BCUT2D eigenvalue weighted by Gasteiger charge is 2.18. The van der Waals surface area contributed by atoms with Gasteiger partial charge in [-0.1, -0.05) is 23.2 Å². The number of carbonyl (C=O) groups excluding carboxylic acids is 2. The average molecular weight is 387 g/mol. The van der Waals surface area contributed by atoms with Crippen LogP contribution < -0.4 is 5.32 Å². The Kier molecular flexibility index (Phi) is 5.89. The van der Waals surface area contributed by atoms with E-state index in [1.807, 2.05) is 0 Å². The number of halogens is 3. The number of nitrogens with zero attached hydrogens (tertiary/aromatic N) is 1. The van der Waals surface area contributed by atoms with E-state index in [9.17, 15) is 24.1 Å². The molecule has 25 heavy (non-hydrogen) atoms. The number of nitro benzene ring substituents is 1. The monoisotopic (exact) mass is 386 g/mol. The minimum absolute atomic E-state index is 0.0265. The highest BCUT2D eigenvalue weighted by atomic mass is 35.5. The smallest absolute Gasteiger partial charge is 0.340 e. The number of nitrogens with one attached hydrogen (secondary N) is 1. The molecular formula is C15H9Cl2FN2O5. The molecule has 0 spiro atoms. The van der Waals surface area contributed by atoms with Gasteiger partial charge in [-0.05, 0) is 24.3 Å². The van der Waals surface area contributed by atoms with Crippen LogP contribution in [0.15, 0.2) is 36.4 Å². The predicted octanol–water partition coefficient (Wildman–Crippen LogP) is 3.84. The first kappa shape index (κ1) is 18.6. The van der Waals surface area contributed by atoms with E-state index >= 15 is 0 Å². The number of ether oxygens (including phenoxy) is 1. The van der Waals surface area contributed by atoms with Crippen molar-refractivity contribution < 1.29 is 23.6 Å². The molecule has 0 aliphatic heterocycles. The maximum absolute atomic E-state index is 12.9. The summed E-state index contributed by atoms with van der Waals surface area (Å²) in [4.78, 5) is 33.7. The number of carbonyl (C=O) groups is 2. The number of amides is 1. The molecule has 1 N–H and O–H groups in total. The molecule has 2 aromatic rings. The zero-order chi connectivity index (χ0) is 18.6. The van der Waals surface area contributed by atoms with E-state index in [0.717, 1.165) is 24.3 Å². The van der Waals surface area contributed by atoms with Crippen molar-refractivity contribution in [1.29, 1.82) is 0 Å². The fourth-order valence-corrected chi connectivity index (χ4v) is 2.18. The van der Waals surface area contributed by atoms with Crippen LogP contribution in [0.5, 0.6) is 0 Å². The van der Waals surface area contributed by atoms with Crippen molar-refractivity contribution in [1.82, 2.24) is 0 Å². The minimum Gasteiger partial charge on any atom is -0.452 e. The van der Waals surface area contributed by atoms with Crippen LogP contribution in [0.25, 0.3) is 0 Å². The second kappa shape index (κ2) is 7.91. The number of esters is 1. The molecule has 130 valence electrons. The summed E-state index contributed by atoms with van der Waals surface area (Å²) in [6.45, 7) is -0.689. The third-order valence-electron chi connectivity index (χ3n) is 2.92. The summed E-state index contributed by atoms with van der Waals surface area (Å²) in [6, 6.07) is 6.59. The van der Waals surface area contributed by atoms with Crippen molar-refractivity contribution in [3.05, 3.63) is 67.9 Å². The van der Waals surface area contributed by atoms with Gasteiger partial charge in [0.2, 0.25) is 0 Å². The van der Waals surface area contributed by atoms with Crippen molar-refractivity contribution in [2.24, 2.45) is 0 Å². The lowest BCUT2D eigenvalue weighted by atomic mass is 10.2. The molecule has 2 aromatic carbocycles. The molecule has 0 saturated heterocycles. The largest absolute Gasteiger partial charge is 0.452 e. The molecule has 0 aliphatic carbocycles. The molecular weight excluding hydrogens is 378 g/mol. The van der Waals surface area contributed by atoms with E-state index in [2.05, 4.69) is 5.32 Å². The van der Waals surface area contributed by atoms with Gasteiger partial charge in [-0.25, -0.2) is 9.18 Å². The molecule has 7 nitrogen and oxygen atoms in total. The third-order valence-corrected chi connectivity index (χ3v) is 3.56. The van der Waals surface area contributed by atoms with Crippen LogP contribution in [0.3, 0.4) is 0 Å². The zero-order valence-corrected chi connectivity index (χ0v) is 13.8. The van der Waals surface area contributed by atoms with Crippen LogP contribution in [0.4, 0.5) is 15.8 Å². The first-order chi connectivity index (χ1) is 11.8. The van der Waals surface area contributed by atoms with Crippen LogP contribution in [0, 0.1) is 15.9 Å². The summed E-state index contributed by atoms with van der Waals surface area (Å²) < 4.78 is 17.7. The Morgan fingerprint density at radius 1 is 1.16 bits per heavy atom. The number of rotatable bonds is 5. The van der Waals surface area contributed by atoms with Crippen LogP contribution in [0.1, 0.15) is 10.4 Å². The van der Waals surface area contributed by atoms with Gasteiger partial charge >= 0.3 is 5.97 Å². The molecule has 0 fully saturated rings. The highest BCUT2D eigenvalue weighted by Crippen LogP contribution is 2.24. The first-order valence-corrected chi connectivity index (χ1v) is 7.39. The van der Waals surface area contributed by atoms with E-state index in [0.29, 0.717) is 0 Å². The topological polar surface area (TPSA) is 98.5 Å². The van der Waals surface area contributed by atoms with E-state index in [-0.39, 0.29) is 27.0 Å². The molecule has 1 amide bonds. The summed E-state index contributed by atoms with van der Waals surface area (Å²) in [5, 5.41) is 13.0. The standard InChI is InChI=1S/C15H9Cl2FN2O5/c16-11-3-2-9(20(23)24)6-10(11)15(22)25-7-14(21)19-13-4-1-8(18)5-12(13)17/h1-6H,7H2,(H,19,21). The maximum Gasteiger partial charge on any atom is 0.340 e. The number of nitro groups is 1. The Morgan fingerprint density at radius 3 is 2.52 bits per heavy atom. The van der Waals surface area contributed by atoms with E-state index in [1.54, 1.807) is 0 Å². The summed E-state index contributed by atoms with van der Waals surface area (Å²) in [7, 11) is 0. The van der Waals surface area contributed by atoms with Crippen molar-refractivity contribution in [3.63, 3.8) is 0 Å². The Labute approximate surface area is 150 Å². The number of non-ortho nitro benzene ring substituents is 1. The fraction of sp³-hybridized carbons (Fsp3) is 0.0667. The Bertz CT molecular complexity index is 860. The lowest BCUT2D eigenvalue weighted by Crippen LogP contribution is -2.21. The number of hydrogen-bond donors (Lipinski definition) is 1. The molecule has 0 aliphatic rings. The number of anilines is 1. The Balaban J connectivity index is 2.01. The first-order valence-electron chi connectivity index (χ1n) is 6.64. The summed E-state index contributed by atoms with van der Waals surface area (Å²) >= 11 is 11.6. The van der Waals surface area contributed by atoms with Gasteiger partial charge in [0.25, 0.3) is 11.6 Å². The summed E-state index contributed by atoms with van der Waals surface area (Å²) in [5.41, 5.74) is -0.458. The maximum atomic E-state index is 12.9. The Morgan fingerprint density at radius 2 is 1.88 bits per heavy atom. The molecule has 0 atom stereocenters. The van der Waals surface area contributed by atoms with Crippen LogP contribution in [0.2, 0.25) is 10.0 Å². The molecule has 0 saturated carbocycles. The van der Waals surface area contributed by atoms with E-state index < -0.39 is 29.2 Å². The third kappa shape index (κ3) is 4.88. The van der Waals surface area contributed by atoms with E-state index in [4.69, 9.17) is 27.9 Å². The summed E-state index contributed by atoms with van der Waals surface area (Å²) in [6.07, 6.45) is 0. The van der Waals surface area contributed by atoms with Crippen LogP contribution >= 0.6 is 23.2 Å². The predicted molar refractivity (Wildman–Crippen MR) is 88.4 cm³/mol. The molecule has 0 unspecified atom stereocenters. The molecule has 10 heteroatoms. The minimum atomic E-state index is -1.01. The second-order valence-electron chi connectivity index (χ2n) is 4.67. The number of hydrogen-bond acceptors (Lipinski definition) is 5. The van der Waals surface area contributed by atoms with Gasteiger partial charge in [-0.3, -0.25) is 14.9 Å². The quantitative estimate of drug-likeness (QED) is 0.478. The molecule has 0 bridgehead atoms. The van der Waals surface area contributed by atoms with Gasteiger partial charge in [0.1, 0.15) is 5.82 Å². The van der Waals surface area contributed by atoms with E-state index in [1.165, 1.54) is 12.1 Å². The molecule has 0 heterocycles. The van der Waals surface area contributed by atoms with Gasteiger partial charge in [0, 0.05) is 12.1 Å². The van der Waals surface area contributed by atoms with Crippen molar-refractivity contribution in [2.45, 2.75) is 0 Å². The second-order valence-corrected chi connectivity index (χ2v) is 5.48. The van der Waals surface area contributed by atoms with Crippen LogP contribution in [-0.2, 0) is 9.53 Å². The lowest BCUT2D eigenvalue weighted by Gasteiger charge is -2.08. The van der Waals surface area contributed by atoms with Gasteiger partial charge in [0.15, 0.2) is 6.61 Å². The van der Waals surface area contributed by atoms with Gasteiger partial charge < -0.3 is 10.1 Å².